The van der Waals surface area contributed by atoms with Crippen molar-refractivity contribution in [2.75, 3.05) is 42.5 Å². The van der Waals surface area contributed by atoms with E-state index in [1.165, 1.54) is 11.3 Å². The Morgan fingerprint density at radius 2 is 1.94 bits per heavy atom. The highest BCUT2D eigenvalue weighted by atomic mass is 32.1. The molecule has 3 aromatic rings. The van der Waals surface area contributed by atoms with Crippen LogP contribution in [-0.4, -0.2) is 74.9 Å². The summed E-state index contributed by atoms with van der Waals surface area (Å²) in [6, 6.07) is 2.22. The van der Waals surface area contributed by atoms with E-state index in [0.29, 0.717) is 29.6 Å². The summed E-state index contributed by atoms with van der Waals surface area (Å²) in [5.41, 5.74) is 1.34. The lowest BCUT2D eigenvalue weighted by Gasteiger charge is -2.41. The van der Waals surface area contributed by atoms with Crippen LogP contribution in [0.15, 0.2) is 18.7 Å². The second-order valence-corrected chi connectivity index (χ2v) is 11.1. The van der Waals surface area contributed by atoms with E-state index in [1.807, 2.05) is 25.3 Å². The first-order valence-electron chi connectivity index (χ1n) is 12.0. The van der Waals surface area contributed by atoms with E-state index in [0.717, 1.165) is 48.5 Å². The van der Waals surface area contributed by atoms with Crippen LogP contribution in [0.3, 0.4) is 0 Å². The molecule has 2 aliphatic rings. The van der Waals surface area contributed by atoms with Gasteiger partial charge in [0.05, 0.1) is 17.3 Å². The van der Waals surface area contributed by atoms with E-state index in [9.17, 15) is 10.1 Å². The maximum absolute atomic E-state index is 12.7. The molecule has 2 fully saturated rings. The standard InChI is InChI=1S/C24H30N8O2S/c1-16-13-30(23(33)34-24(2,3)4)9-10-31(16)20-19-18(29-7-5-6-8-29)14-32(21(19)28-15-27-20)22-26-12-17(11-25)35-22/h12,14-16H,5-10,13H2,1-4H3/t16-/m0/s1. The van der Waals surface area contributed by atoms with Gasteiger partial charge in [0.15, 0.2) is 10.8 Å². The summed E-state index contributed by atoms with van der Waals surface area (Å²) in [5, 5.41) is 11.0. The van der Waals surface area contributed by atoms with Gasteiger partial charge >= 0.3 is 6.09 Å². The number of rotatable bonds is 3. The number of hydrogen-bond donors (Lipinski definition) is 0. The molecule has 1 amide bonds. The van der Waals surface area contributed by atoms with Crippen molar-refractivity contribution in [3.05, 3.63) is 23.6 Å². The number of amides is 1. The Kier molecular flexibility index (Phi) is 6.01. The summed E-state index contributed by atoms with van der Waals surface area (Å²) >= 11 is 1.35. The highest BCUT2D eigenvalue weighted by Gasteiger charge is 2.33. The van der Waals surface area contributed by atoms with Crippen molar-refractivity contribution in [3.8, 4) is 11.2 Å². The number of piperazine rings is 1. The SMILES string of the molecule is C[C@H]1CN(C(=O)OC(C)(C)C)CCN1c1ncnc2c1c(N1CCCC1)cn2-c1ncc(C#N)s1. The molecule has 0 N–H and O–H groups in total. The van der Waals surface area contributed by atoms with Gasteiger partial charge in [0.2, 0.25) is 0 Å². The predicted molar refractivity (Wildman–Crippen MR) is 135 cm³/mol. The topological polar surface area (TPSA) is 103 Å². The number of aromatic nitrogens is 4. The Labute approximate surface area is 208 Å². The lowest BCUT2D eigenvalue weighted by molar-refractivity contribution is 0.0218. The molecule has 0 bridgehead atoms. The predicted octanol–water partition coefficient (Wildman–Crippen LogP) is 3.79. The number of thiazole rings is 1. The van der Waals surface area contributed by atoms with Crippen LogP contribution in [0.25, 0.3) is 16.2 Å². The Hall–Kier alpha value is -3.39. The minimum absolute atomic E-state index is 0.0502. The maximum Gasteiger partial charge on any atom is 0.410 e. The Morgan fingerprint density at radius 3 is 2.60 bits per heavy atom. The number of nitriles is 1. The van der Waals surface area contributed by atoms with Crippen molar-refractivity contribution in [3.63, 3.8) is 0 Å². The van der Waals surface area contributed by atoms with Crippen LogP contribution in [0.4, 0.5) is 16.3 Å². The van der Waals surface area contributed by atoms with Crippen LogP contribution >= 0.6 is 11.3 Å². The van der Waals surface area contributed by atoms with Gasteiger partial charge in [-0.3, -0.25) is 4.57 Å². The maximum atomic E-state index is 12.7. The van der Waals surface area contributed by atoms with E-state index in [1.54, 1.807) is 17.4 Å². The van der Waals surface area contributed by atoms with Gasteiger partial charge in [0, 0.05) is 45.0 Å². The molecule has 2 saturated heterocycles. The molecule has 0 aromatic carbocycles. The fourth-order valence-electron chi connectivity index (χ4n) is 4.78. The van der Waals surface area contributed by atoms with Gasteiger partial charge < -0.3 is 19.4 Å². The first-order chi connectivity index (χ1) is 16.7. The normalized spacial score (nSPS) is 18.8. The molecule has 2 aliphatic heterocycles. The third-order valence-corrected chi connectivity index (χ3v) is 7.25. The fourth-order valence-corrected chi connectivity index (χ4v) is 5.47. The van der Waals surface area contributed by atoms with E-state index < -0.39 is 5.60 Å². The third-order valence-electron chi connectivity index (χ3n) is 6.35. The van der Waals surface area contributed by atoms with E-state index in [4.69, 9.17) is 9.72 Å². The van der Waals surface area contributed by atoms with Gasteiger partial charge in [-0.25, -0.2) is 19.7 Å². The number of fused-ring (bicyclic) bond motifs is 1. The first kappa shape index (κ1) is 23.4. The molecule has 10 nitrogen and oxygen atoms in total. The number of carbonyl (C=O) groups is 1. The smallest absolute Gasteiger partial charge is 0.410 e. The first-order valence-corrected chi connectivity index (χ1v) is 12.8. The molecule has 0 aliphatic carbocycles. The van der Waals surface area contributed by atoms with Crippen molar-refractivity contribution in [2.45, 2.75) is 52.2 Å². The van der Waals surface area contributed by atoms with Gasteiger partial charge in [-0.05, 0) is 40.5 Å². The molecule has 0 unspecified atom stereocenters. The number of nitrogens with zero attached hydrogens (tertiary/aromatic N) is 8. The minimum Gasteiger partial charge on any atom is -0.444 e. The number of ether oxygens (including phenoxy) is 1. The van der Waals surface area contributed by atoms with Crippen molar-refractivity contribution in [1.29, 1.82) is 5.26 Å². The van der Waals surface area contributed by atoms with Crippen LogP contribution < -0.4 is 9.80 Å². The van der Waals surface area contributed by atoms with Crippen LogP contribution in [-0.2, 0) is 4.74 Å². The van der Waals surface area contributed by atoms with E-state index in [2.05, 4.69) is 39.0 Å². The average Bonchev–Trinajstić information content (AvgIpc) is 3.56. The summed E-state index contributed by atoms with van der Waals surface area (Å²) in [7, 11) is 0. The second kappa shape index (κ2) is 9.00. The highest BCUT2D eigenvalue weighted by molar-refractivity contribution is 7.14. The molecule has 11 heteroatoms. The zero-order valence-corrected chi connectivity index (χ0v) is 21.4. The largest absolute Gasteiger partial charge is 0.444 e. The summed E-state index contributed by atoms with van der Waals surface area (Å²) in [6.45, 7) is 11.5. The Morgan fingerprint density at radius 1 is 1.17 bits per heavy atom. The summed E-state index contributed by atoms with van der Waals surface area (Å²) in [5.74, 6) is 0.865. The molecule has 35 heavy (non-hydrogen) atoms. The lowest BCUT2D eigenvalue weighted by Crippen LogP contribution is -2.54. The van der Waals surface area contributed by atoms with Gasteiger partial charge in [0.25, 0.3) is 0 Å². The summed E-state index contributed by atoms with van der Waals surface area (Å²) < 4.78 is 7.56. The molecule has 5 heterocycles. The van der Waals surface area contributed by atoms with E-state index in [-0.39, 0.29) is 12.1 Å². The average molecular weight is 495 g/mol. The fraction of sp³-hybridized carbons (Fsp3) is 0.542. The van der Waals surface area contributed by atoms with Crippen molar-refractivity contribution in [2.24, 2.45) is 0 Å². The van der Waals surface area contributed by atoms with Crippen molar-refractivity contribution in [1.82, 2.24) is 24.4 Å². The molecular formula is C24H30N8O2S. The quantitative estimate of drug-likeness (QED) is 0.542. The zero-order valence-electron chi connectivity index (χ0n) is 20.6. The number of anilines is 2. The molecule has 0 spiro atoms. The molecule has 184 valence electrons. The molecule has 0 radical (unpaired) electrons. The molecule has 5 rings (SSSR count). The number of hydrogen-bond acceptors (Lipinski definition) is 9. The summed E-state index contributed by atoms with van der Waals surface area (Å²) in [4.78, 5) is 33.5. The number of carbonyl (C=O) groups excluding carboxylic acids is 1. The van der Waals surface area contributed by atoms with Crippen LogP contribution in [0, 0.1) is 11.3 Å². The van der Waals surface area contributed by atoms with Crippen LogP contribution in [0.1, 0.15) is 45.4 Å². The van der Waals surface area contributed by atoms with Crippen LogP contribution in [0.5, 0.6) is 0 Å². The van der Waals surface area contributed by atoms with Gasteiger partial charge in [0.1, 0.15) is 28.7 Å². The molecule has 0 saturated carbocycles. The van der Waals surface area contributed by atoms with Gasteiger partial charge in [-0.1, -0.05) is 11.3 Å². The highest BCUT2D eigenvalue weighted by Crippen LogP contribution is 2.39. The van der Waals surface area contributed by atoms with E-state index >= 15 is 0 Å². The second-order valence-electron chi connectivity index (χ2n) is 10.1. The van der Waals surface area contributed by atoms with Crippen molar-refractivity contribution < 1.29 is 9.53 Å². The monoisotopic (exact) mass is 494 g/mol. The Balaban J connectivity index is 1.52. The van der Waals surface area contributed by atoms with Gasteiger partial charge in [-0.15, -0.1) is 0 Å². The zero-order chi connectivity index (χ0) is 24.7. The summed E-state index contributed by atoms with van der Waals surface area (Å²) in [6.07, 6.45) is 7.29. The van der Waals surface area contributed by atoms with Crippen LogP contribution in [0.2, 0.25) is 0 Å². The minimum atomic E-state index is -0.523. The molecule has 3 aromatic heterocycles. The molecule has 1 atom stereocenters. The van der Waals surface area contributed by atoms with Crippen molar-refractivity contribution >= 4 is 40.0 Å². The Bertz CT molecular complexity index is 1280. The molecular weight excluding hydrogens is 464 g/mol. The van der Waals surface area contributed by atoms with Gasteiger partial charge in [-0.2, -0.15) is 5.26 Å². The lowest BCUT2D eigenvalue weighted by atomic mass is 10.1. The third kappa shape index (κ3) is 4.50.